The standard InChI is InChI=1S/C22H32N6O.HI/c1-18(2)17-29-20-7-5-19(6-8-20)9-12-26-21(23-3)27-13-15-28(16-14-27)22-24-10-4-11-25-22;/h4-8,10-11,18H,9,12-17H2,1-3H3,(H,23,26);1H. The largest absolute Gasteiger partial charge is 0.493 e. The number of aromatic nitrogens is 2. The minimum Gasteiger partial charge on any atom is -0.493 e. The van der Waals surface area contributed by atoms with Crippen LogP contribution in [-0.4, -0.2) is 67.2 Å². The SMILES string of the molecule is CN=C(NCCc1ccc(OCC(C)C)cc1)N1CCN(c2ncccn2)CC1.I. The molecule has 3 rings (SSSR count). The van der Waals surface area contributed by atoms with Gasteiger partial charge in [0.25, 0.3) is 0 Å². The molecule has 8 heteroatoms. The van der Waals surface area contributed by atoms with Crippen molar-refractivity contribution in [3.8, 4) is 5.75 Å². The zero-order valence-electron chi connectivity index (χ0n) is 18.1. The number of nitrogens with one attached hydrogen (secondary N) is 1. The molecule has 0 aliphatic carbocycles. The van der Waals surface area contributed by atoms with Crippen molar-refractivity contribution in [2.45, 2.75) is 20.3 Å². The molecule has 1 fully saturated rings. The van der Waals surface area contributed by atoms with Gasteiger partial charge in [0.15, 0.2) is 5.96 Å². The summed E-state index contributed by atoms with van der Waals surface area (Å²) in [6.07, 6.45) is 4.53. The lowest BCUT2D eigenvalue weighted by Crippen LogP contribution is -2.53. The summed E-state index contributed by atoms with van der Waals surface area (Å²) in [4.78, 5) is 17.7. The molecule has 0 radical (unpaired) electrons. The first-order chi connectivity index (χ1) is 14.2. The predicted octanol–water partition coefficient (Wildman–Crippen LogP) is 3.07. The van der Waals surface area contributed by atoms with Crippen molar-refractivity contribution < 1.29 is 4.74 Å². The second kappa shape index (κ2) is 12.6. The van der Waals surface area contributed by atoms with Gasteiger partial charge in [-0.25, -0.2) is 9.97 Å². The number of aliphatic imine (C=N–C) groups is 1. The molecule has 164 valence electrons. The number of hydrogen-bond donors (Lipinski definition) is 1. The Balaban J connectivity index is 0.00000320. The van der Waals surface area contributed by atoms with Crippen molar-refractivity contribution >= 4 is 35.9 Å². The van der Waals surface area contributed by atoms with E-state index in [-0.39, 0.29) is 24.0 Å². The molecule has 1 aromatic carbocycles. The van der Waals surface area contributed by atoms with Gasteiger partial charge in [-0.1, -0.05) is 26.0 Å². The van der Waals surface area contributed by atoms with Gasteiger partial charge in [0.2, 0.25) is 5.95 Å². The van der Waals surface area contributed by atoms with Gasteiger partial charge in [-0.05, 0) is 36.1 Å². The second-order valence-electron chi connectivity index (χ2n) is 7.60. The first-order valence-corrected chi connectivity index (χ1v) is 10.3. The molecule has 0 unspecified atom stereocenters. The molecule has 0 atom stereocenters. The van der Waals surface area contributed by atoms with E-state index >= 15 is 0 Å². The van der Waals surface area contributed by atoms with Gasteiger partial charge in [-0.2, -0.15) is 0 Å². The fraction of sp³-hybridized carbons (Fsp3) is 0.500. The average Bonchev–Trinajstić information content (AvgIpc) is 2.77. The van der Waals surface area contributed by atoms with Crippen molar-refractivity contribution in [2.24, 2.45) is 10.9 Å². The van der Waals surface area contributed by atoms with Crippen LogP contribution >= 0.6 is 24.0 Å². The molecule has 0 spiro atoms. The summed E-state index contributed by atoms with van der Waals surface area (Å²) in [6, 6.07) is 10.2. The van der Waals surface area contributed by atoms with Gasteiger partial charge < -0.3 is 19.9 Å². The fourth-order valence-electron chi connectivity index (χ4n) is 3.24. The Bertz CT molecular complexity index is 761. The van der Waals surface area contributed by atoms with E-state index in [0.717, 1.165) is 63.4 Å². The summed E-state index contributed by atoms with van der Waals surface area (Å²) in [7, 11) is 1.84. The Morgan fingerprint density at radius 2 is 1.77 bits per heavy atom. The maximum atomic E-state index is 5.75. The molecular formula is C22H33IN6O. The number of benzene rings is 1. The Kier molecular flexibility index (Phi) is 10.1. The molecule has 0 bridgehead atoms. The van der Waals surface area contributed by atoms with E-state index in [0.29, 0.717) is 5.92 Å². The molecule has 0 saturated carbocycles. The monoisotopic (exact) mass is 524 g/mol. The third-order valence-corrected chi connectivity index (χ3v) is 4.83. The highest BCUT2D eigenvalue weighted by molar-refractivity contribution is 14.0. The van der Waals surface area contributed by atoms with Crippen LogP contribution in [0.1, 0.15) is 19.4 Å². The van der Waals surface area contributed by atoms with Crippen LogP contribution in [-0.2, 0) is 6.42 Å². The number of piperazine rings is 1. The van der Waals surface area contributed by atoms with Crippen LogP contribution in [0, 0.1) is 5.92 Å². The molecule has 7 nitrogen and oxygen atoms in total. The molecule has 1 N–H and O–H groups in total. The van der Waals surface area contributed by atoms with Crippen LogP contribution in [0.3, 0.4) is 0 Å². The highest BCUT2D eigenvalue weighted by Gasteiger charge is 2.20. The zero-order chi connectivity index (χ0) is 20.5. The minimum absolute atomic E-state index is 0. The highest BCUT2D eigenvalue weighted by Crippen LogP contribution is 2.14. The third kappa shape index (κ3) is 7.30. The number of hydrogen-bond acceptors (Lipinski definition) is 5. The van der Waals surface area contributed by atoms with E-state index in [4.69, 9.17) is 4.74 Å². The number of ether oxygens (including phenoxy) is 1. The Morgan fingerprint density at radius 3 is 2.37 bits per heavy atom. The number of nitrogens with zero attached hydrogens (tertiary/aromatic N) is 5. The van der Waals surface area contributed by atoms with E-state index in [9.17, 15) is 0 Å². The molecule has 2 heterocycles. The molecule has 1 aliphatic rings. The van der Waals surface area contributed by atoms with Gasteiger partial charge in [-0.3, -0.25) is 4.99 Å². The molecule has 1 aliphatic heterocycles. The van der Waals surface area contributed by atoms with Crippen molar-refractivity contribution in [1.29, 1.82) is 0 Å². The number of anilines is 1. The van der Waals surface area contributed by atoms with Gasteiger partial charge in [0, 0.05) is 52.2 Å². The normalized spacial score (nSPS) is 14.5. The number of rotatable bonds is 7. The first-order valence-electron chi connectivity index (χ1n) is 10.3. The summed E-state index contributed by atoms with van der Waals surface area (Å²) in [5.74, 6) is 3.23. The quantitative estimate of drug-likeness (QED) is 0.341. The summed E-state index contributed by atoms with van der Waals surface area (Å²) < 4.78 is 5.75. The highest BCUT2D eigenvalue weighted by atomic mass is 127. The fourth-order valence-corrected chi connectivity index (χ4v) is 3.24. The van der Waals surface area contributed by atoms with Crippen molar-refractivity contribution in [2.75, 3.05) is 51.3 Å². The lowest BCUT2D eigenvalue weighted by molar-refractivity contribution is 0.271. The van der Waals surface area contributed by atoms with Crippen molar-refractivity contribution in [3.63, 3.8) is 0 Å². The van der Waals surface area contributed by atoms with Crippen LogP contribution in [0.2, 0.25) is 0 Å². The van der Waals surface area contributed by atoms with Crippen LogP contribution < -0.4 is 15.0 Å². The number of guanidine groups is 1. The molecule has 30 heavy (non-hydrogen) atoms. The maximum Gasteiger partial charge on any atom is 0.225 e. The van der Waals surface area contributed by atoms with E-state index in [1.807, 2.05) is 13.1 Å². The molecular weight excluding hydrogens is 491 g/mol. The first kappa shape index (κ1) is 24.2. The summed E-state index contributed by atoms with van der Waals surface area (Å²) in [5, 5.41) is 3.49. The van der Waals surface area contributed by atoms with Gasteiger partial charge in [-0.15, -0.1) is 24.0 Å². The Morgan fingerprint density at radius 1 is 1.10 bits per heavy atom. The second-order valence-corrected chi connectivity index (χ2v) is 7.60. The lowest BCUT2D eigenvalue weighted by Gasteiger charge is -2.36. The van der Waals surface area contributed by atoms with Crippen LogP contribution in [0.4, 0.5) is 5.95 Å². The van der Waals surface area contributed by atoms with E-state index in [2.05, 4.69) is 68.2 Å². The summed E-state index contributed by atoms with van der Waals surface area (Å²) in [6.45, 7) is 9.50. The van der Waals surface area contributed by atoms with Gasteiger partial charge in [0.1, 0.15) is 5.75 Å². The lowest BCUT2D eigenvalue weighted by atomic mass is 10.1. The third-order valence-electron chi connectivity index (χ3n) is 4.83. The molecule has 1 saturated heterocycles. The van der Waals surface area contributed by atoms with Crippen molar-refractivity contribution in [3.05, 3.63) is 48.3 Å². The predicted molar refractivity (Wildman–Crippen MR) is 133 cm³/mol. The molecule has 0 amide bonds. The smallest absolute Gasteiger partial charge is 0.225 e. The van der Waals surface area contributed by atoms with Gasteiger partial charge in [0.05, 0.1) is 6.61 Å². The topological polar surface area (TPSA) is 65.9 Å². The van der Waals surface area contributed by atoms with Gasteiger partial charge >= 0.3 is 0 Å². The average molecular weight is 524 g/mol. The molecule has 1 aromatic heterocycles. The molecule has 2 aromatic rings. The Labute approximate surface area is 197 Å². The van der Waals surface area contributed by atoms with Crippen LogP contribution in [0.25, 0.3) is 0 Å². The summed E-state index contributed by atoms with van der Waals surface area (Å²) >= 11 is 0. The van der Waals surface area contributed by atoms with Crippen LogP contribution in [0.5, 0.6) is 5.75 Å². The summed E-state index contributed by atoms with van der Waals surface area (Å²) in [5.41, 5.74) is 1.29. The van der Waals surface area contributed by atoms with E-state index < -0.39 is 0 Å². The number of halogens is 1. The van der Waals surface area contributed by atoms with E-state index in [1.54, 1.807) is 12.4 Å². The van der Waals surface area contributed by atoms with Crippen LogP contribution in [0.15, 0.2) is 47.7 Å². The zero-order valence-corrected chi connectivity index (χ0v) is 20.5. The minimum atomic E-state index is 0. The van der Waals surface area contributed by atoms with Crippen molar-refractivity contribution in [1.82, 2.24) is 20.2 Å². The Hall–Kier alpha value is -2.10. The maximum absolute atomic E-state index is 5.75. The van der Waals surface area contributed by atoms with E-state index in [1.165, 1.54) is 5.56 Å².